The van der Waals surface area contributed by atoms with E-state index in [1.807, 2.05) is 30.5 Å². The first-order chi connectivity index (χ1) is 13.1. The van der Waals surface area contributed by atoms with Gasteiger partial charge < -0.3 is 24.1 Å². The van der Waals surface area contributed by atoms with Crippen molar-refractivity contribution in [2.45, 2.75) is 18.9 Å². The van der Waals surface area contributed by atoms with Gasteiger partial charge in [-0.05, 0) is 59.4 Å². The van der Waals surface area contributed by atoms with Crippen molar-refractivity contribution in [3.8, 4) is 23.0 Å². The Labute approximate surface area is 159 Å². The van der Waals surface area contributed by atoms with Crippen LogP contribution < -0.4 is 18.9 Å². The van der Waals surface area contributed by atoms with E-state index in [9.17, 15) is 5.11 Å². The van der Waals surface area contributed by atoms with Gasteiger partial charge in [-0.3, -0.25) is 4.99 Å². The van der Waals surface area contributed by atoms with Crippen LogP contribution in [-0.4, -0.2) is 46.4 Å². The molecule has 0 spiro atoms. The lowest BCUT2D eigenvalue weighted by molar-refractivity contribution is 0.298. The van der Waals surface area contributed by atoms with Crippen LogP contribution in [-0.2, 0) is 12.8 Å². The highest BCUT2D eigenvalue weighted by Gasteiger charge is 2.23. The van der Waals surface area contributed by atoms with Gasteiger partial charge in [0.15, 0.2) is 23.0 Å². The summed E-state index contributed by atoms with van der Waals surface area (Å²) in [7, 11) is 6.48. The number of aliphatic hydroxyl groups excluding tert-OH is 1. The fourth-order valence-corrected chi connectivity index (χ4v) is 3.44. The summed E-state index contributed by atoms with van der Waals surface area (Å²) in [5.74, 6) is 2.69. The standard InChI is InChI=1S/C21H25NO5/c1-24-18-8-13(5-6-23)16(11-21(18)27-4)17-7-14-9-19(25-2)20(26-3)10-15(14)12-22-17/h8-12,17,23H,5-7H2,1-4H3/t17-/m0/s1. The van der Waals surface area contributed by atoms with E-state index in [1.165, 1.54) is 0 Å². The Morgan fingerprint density at radius 2 is 1.48 bits per heavy atom. The second-order valence-corrected chi connectivity index (χ2v) is 6.28. The van der Waals surface area contributed by atoms with E-state index in [-0.39, 0.29) is 12.6 Å². The van der Waals surface area contributed by atoms with Crippen molar-refractivity contribution in [3.63, 3.8) is 0 Å². The highest BCUT2D eigenvalue weighted by molar-refractivity contribution is 5.85. The topological polar surface area (TPSA) is 69.5 Å². The van der Waals surface area contributed by atoms with Crippen LogP contribution in [0.2, 0.25) is 0 Å². The third-order valence-electron chi connectivity index (χ3n) is 4.84. The molecule has 0 unspecified atom stereocenters. The Morgan fingerprint density at radius 3 is 2.11 bits per heavy atom. The second-order valence-electron chi connectivity index (χ2n) is 6.28. The molecule has 3 rings (SSSR count). The summed E-state index contributed by atoms with van der Waals surface area (Å²) in [6.45, 7) is 0.0561. The van der Waals surface area contributed by atoms with Gasteiger partial charge in [-0.25, -0.2) is 0 Å². The first kappa shape index (κ1) is 19.0. The van der Waals surface area contributed by atoms with Crippen LogP contribution in [0.15, 0.2) is 29.3 Å². The van der Waals surface area contributed by atoms with Crippen molar-refractivity contribution in [2.24, 2.45) is 4.99 Å². The summed E-state index contributed by atoms with van der Waals surface area (Å²) in [6, 6.07) is 7.74. The second kappa shape index (κ2) is 8.31. The first-order valence-corrected chi connectivity index (χ1v) is 8.78. The Morgan fingerprint density at radius 1 is 0.889 bits per heavy atom. The molecule has 0 saturated heterocycles. The molecule has 0 radical (unpaired) electrons. The molecule has 6 heteroatoms. The van der Waals surface area contributed by atoms with Crippen LogP contribution in [0.25, 0.3) is 0 Å². The molecular weight excluding hydrogens is 346 g/mol. The van der Waals surface area contributed by atoms with Crippen molar-refractivity contribution in [1.82, 2.24) is 0 Å². The third-order valence-corrected chi connectivity index (χ3v) is 4.84. The molecular formula is C21H25NO5. The van der Waals surface area contributed by atoms with E-state index in [2.05, 4.69) is 0 Å². The first-order valence-electron chi connectivity index (χ1n) is 8.78. The quantitative estimate of drug-likeness (QED) is 0.810. The van der Waals surface area contributed by atoms with Gasteiger partial charge >= 0.3 is 0 Å². The van der Waals surface area contributed by atoms with Gasteiger partial charge in [0.25, 0.3) is 0 Å². The molecule has 144 valence electrons. The van der Waals surface area contributed by atoms with Crippen LogP contribution in [0.5, 0.6) is 23.0 Å². The monoisotopic (exact) mass is 371 g/mol. The molecule has 0 aliphatic carbocycles. The van der Waals surface area contributed by atoms with E-state index in [1.54, 1.807) is 28.4 Å². The normalized spacial score (nSPS) is 15.2. The number of hydrogen-bond donors (Lipinski definition) is 1. The van der Waals surface area contributed by atoms with Gasteiger partial charge in [0, 0.05) is 12.8 Å². The van der Waals surface area contributed by atoms with Crippen LogP contribution in [0.3, 0.4) is 0 Å². The minimum atomic E-state index is -0.0723. The Hall–Kier alpha value is -2.73. The fourth-order valence-electron chi connectivity index (χ4n) is 3.44. The lowest BCUT2D eigenvalue weighted by Gasteiger charge is -2.24. The molecule has 2 aromatic rings. The molecule has 1 atom stereocenters. The van der Waals surface area contributed by atoms with Crippen molar-refractivity contribution >= 4 is 6.21 Å². The molecule has 27 heavy (non-hydrogen) atoms. The van der Waals surface area contributed by atoms with Crippen LogP contribution in [0, 0.1) is 0 Å². The minimum Gasteiger partial charge on any atom is -0.493 e. The Balaban J connectivity index is 2.02. The van der Waals surface area contributed by atoms with E-state index in [4.69, 9.17) is 23.9 Å². The third kappa shape index (κ3) is 3.71. The van der Waals surface area contributed by atoms with Crippen molar-refractivity contribution in [2.75, 3.05) is 35.0 Å². The number of aliphatic hydroxyl groups is 1. The Bertz CT molecular complexity index is 847. The maximum absolute atomic E-state index is 9.48. The lowest BCUT2D eigenvalue weighted by Crippen LogP contribution is -2.12. The van der Waals surface area contributed by atoms with Gasteiger partial charge in [-0.2, -0.15) is 0 Å². The summed E-state index contributed by atoms with van der Waals surface area (Å²) >= 11 is 0. The highest BCUT2D eigenvalue weighted by atomic mass is 16.5. The van der Waals surface area contributed by atoms with Gasteiger partial charge in [0.2, 0.25) is 0 Å². The van der Waals surface area contributed by atoms with Gasteiger partial charge in [0.05, 0.1) is 34.5 Å². The van der Waals surface area contributed by atoms with Gasteiger partial charge in [0.1, 0.15) is 0 Å². The molecule has 0 amide bonds. The average molecular weight is 371 g/mol. The van der Waals surface area contributed by atoms with Crippen molar-refractivity contribution in [3.05, 3.63) is 46.5 Å². The molecule has 0 bridgehead atoms. The number of rotatable bonds is 7. The number of benzene rings is 2. The lowest BCUT2D eigenvalue weighted by atomic mass is 9.89. The van der Waals surface area contributed by atoms with Crippen LogP contribution >= 0.6 is 0 Å². The summed E-state index contributed by atoms with van der Waals surface area (Å²) in [5, 5.41) is 9.48. The summed E-state index contributed by atoms with van der Waals surface area (Å²) in [6.07, 6.45) is 3.12. The molecule has 0 fully saturated rings. The molecule has 1 N–H and O–H groups in total. The SMILES string of the molecule is COc1cc2c(cc1OC)C[C@@H](c1cc(OC)c(OC)cc1CCO)N=C2. The summed E-state index contributed by atoms with van der Waals surface area (Å²) in [5.41, 5.74) is 4.19. The maximum atomic E-state index is 9.48. The smallest absolute Gasteiger partial charge is 0.161 e. The maximum Gasteiger partial charge on any atom is 0.161 e. The molecule has 0 aromatic heterocycles. The summed E-state index contributed by atoms with van der Waals surface area (Å²) in [4.78, 5) is 4.75. The van der Waals surface area contributed by atoms with E-state index >= 15 is 0 Å². The molecule has 2 aromatic carbocycles. The zero-order chi connectivity index (χ0) is 19.4. The number of hydrogen-bond acceptors (Lipinski definition) is 6. The number of aliphatic imine (C=N–C) groups is 1. The molecule has 1 aliphatic rings. The van der Waals surface area contributed by atoms with Gasteiger partial charge in [-0.1, -0.05) is 0 Å². The van der Waals surface area contributed by atoms with Crippen LogP contribution in [0.4, 0.5) is 0 Å². The van der Waals surface area contributed by atoms with E-state index in [0.29, 0.717) is 29.4 Å². The van der Waals surface area contributed by atoms with E-state index in [0.717, 1.165) is 28.7 Å². The predicted molar refractivity (Wildman–Crippen MR) is 104 cm³/mol. The predicted octanol–water partition coefficient (Wildman–Crippen LogP) is 2.97. The van der Waals surface area contributed by atoms with Crippen molar-refractivity contribution in [1.29, 1.82) is 0 Å². The zero-order valence-electron chi connectivity index (χ0n) is 16.1. The molecule has 1 aliphatic heterocycles. The highest BCUT2D eigenvalue weighted by Crippen LogP contribution is 2.39. The fraction of sp³-hybridized carbons (Fsp3) is 0.381. The average Bonchev–Trinajstić information content (AvgIpc) is 2.72. The number of nitrogens with zero attached hydrogens (tertiary/aromatic N) is 1. The van der Waals surface area contributed by atoms with E-state index < -0.39 is 0 Å². The summed E-state index contributed by atoms with van der Waals surface area (Å²) < 4.78 is 21.7. The minimum absolute atomic E-state index is 0.0561. The Kier molecular flexibility index (Phi) is 5.86. The molecule has 0 saturated carbocycles. The van der Waals surface area contributed by atoms with Crippen LogP contribution in [0.1, 0.15) is 28.3 Å². The van der Waals surface area contributed by atoms with Gasteiger partial charge in [-0.15, -0.1) is 0 Å². The molecule has 6 nitrogen and oxygen atoms in total. The number of fused-ring (bicyclic) bond motifs is 1. The van der Waals surface area contributed by atoms with Crippen molar-refractivity contribution < 1.29 is 24.1 Å². The largest absolute Gasteiger partial charge is 0.493 e. The zero-order valence-corrected chi connectivity index (χ0v) is 16.1. The molecule has 1 heterocycles. The number of methoxy groups -OCH3 is 4. The number of ether oxygens (including phenoxy) is 4.